The number of aromatic nitrogens is 1. The first kappa shape index (κ1) is 13.3. The van der Waals surface area contributed by atoms with E-state index in [-0.39, 0.29) is 12.4 Å². The van der Waals surface area contributed by atoms with Crippen LogP contribution in [0, 0.1) is 0 Å². The highest BCUT2D eigenvalue weighted by Crippen LogP contribution is 2.24. The summed E-state index contributed by atoms with van der Waals surface area (Å²) in [6.45, 7) is 2.17. The highest BCUT2D eigenvalue weighted by Gasteiger charge is 2.10. The van der Waals surface area contributed by atoms with Crippen LogP contribution in [0.1, 0.15) is 31.0 Å². The number of nitrogen functional groups attached to an aromatic ring is 1. The van der Waals surface area contributed by atoms with Crippen LogP contribution in [0.15, 0.2) is 30.5 Å². The molecule has 19 heavy (non-hydrogen) atoms. The Balaban J connectivity index is 2.15. The topological polar surface area (TPSA) is 65.2 Å². The predicted molar refractivity (Wildman–Crippen MR) is 75.3 cm³/mol. The van der Waals surface area contributed by atoms with E-state index in [1.54, 1.807) is 19.2 Å². The van der Waals surface area contributed by atoms with Gasteiger partial charge in [-0.05, 0) is 37.0 Å². The number of ether oxygens (including phenoxy) is 1. The molecule has 0 atom stereocenters. The molecule has 0 saturated carbocycles. The van der Waals surface area contributed by atoms with Crippen LogP contribution in [0.5, 0.6) is 0 Å². The lowest BCUT2D eigenvalue weighted by molar-refractivity contribution is -0.142. The number of pyridine rings is 1. The van der Waals surface area contributed by atoms with Crippen LogP contribution in [0.25, 0.3) is 5.57 Å². The number of hydrogen-bond donors (Lipinski definition) is 1. The molecule has 100 valence electrons. The van der Waals surface area contributed by atoms with E-state index in [1.807, 2.05) is 6.08 Å². The van der Waals surface area contributed by atoms with Gasteiger partial charge in [-0.3, -0.25) is 9.78 Å². The van der Waals surface area contributed by atoms with Crippen LogP contribution >= 0.6 is 0 Å². The molecule has 2 N–H and O–H groups in total. The summed E-state index contributed by atoms with van der Waals surface area (Å²) in [6, 6.07) is 1.79. The number of carbonyl (C=O) groups excluding carboxylic acids is 1. The van der Waals surface area contributed by atoms with Gasteiger partial charge in [0.1, 0.15) is 0 Å². The van der Waals surface area contributed by atoms with Crippen molar-refractivity contribution in [1.82, 2.24) is 4.98 Å². The summed E-state index contributed by atoms with van der Waals surface area (Å²) in [5.74, 6) is -0.256. The molecule has 0 unspecified atom stereocenters. The monoisotopic (exact) mass is 258 g/mol. The van der Waals surface area contributed by atoms with Crippen LogP contribution in [0.4, 0.5) is 5.69 Å². The lowest BCUT2D eigenvalue weighted by Gasteiger charge is -2.10. The van der Waals surface area contributed by atoms with Crippen LogP contribution in [-0.4, -0.2) is 17.6 Å². The molecule has 0 saturated heterocycles. The Hall–Kier alpha value is -2.10. The molecule has 0 spiro atoms. The SMILES string of the molecule is CCOC(=O)Cc1cnc(C2=CCCC=C2)c(N)c1. The Bertz CT molecular complexity index is 533. The first-order valence-electron chi connectivity index (χ1n) is 6.47. The lowest BCUT2D eigenvalue weighted by Crippen LogP contribution is -2.09. The van der Waals surface area contributed by atoms with E-state index in [0.29, 0.717) is 12.3 Å². The molecule has 1 aliphatic rings. The van der Waals surface area contributed by atoms with Gasteiger partial charge in [-0.15, -0.1) is 0 Å². The minimum absolute atomic E-state index is 0.209. The van der Waals surface area contributed by atoms with Crippen LogP contribution in [0.2, 0.25) is 0 Å². The number of rotatable bonds is 4. The average Bonchev–Trinajstić information content (AvgIpc) is 2.40. The molecule has 1 aliphatic carbocycles. The van der Waals surface area contributed by atoms with Gasteiger partial charge < -0.3 is 10.5 Å². The van der Waals surface area contributed by atoms with Crippen molar-refractivity contribution in [3.8, 4) is 0 Å². The van der Waals surface area contributed by atoms with E-state index < -0.39 is 0 Å². The number of carbonyl (C=O) groups is 1. The highest BCUT2D eigenvalue weighted by molar-refractivity contribution is 5.80. The van der Waals surface area contributed by atoms with Crippen molar-refractivity contribution in [3.63, 3.8) is 0 Å². The normalized spacial score (nSPS) is 14.1. The fourth-order valence-electron chi connectivity index (χ4n) is 2.03. The summed E-state index contributed by atoms with van der Waals surface area (Å²) >= 11 is 0. The molecule has 4 heteroatoms. The summed E-state index contributed by atoms with van der Waals surface area (Å²) in [4.78, 5) is 15.8. The molecular weight excluding hydrogens is 240 g/mol. The van der Waals surface area contributed by atoms with Crippen molar-refractivity contribution < 1.29 is 9.53 Å². The van der Waals surface area contributed by atoms with Gasteiger partial charge in [-0.1, -0.05) is 18.2 Å². The predicted octanol–water partition coefficient (Wildman–Crippen LogP) is 2.50. The quantitative estimate of drug-likeness (QED) is 0.843. The number of nitrogens with two attached hydrogens (primary N) is 1. The molecule has 1 heterocycles. The third-order valence-electron chi connectivity index (χ3n) is 2.90. The van der Waals surface area contributed by atoms with Crippen molar-refractivity contribution in [2.75, 3.05) is 12.3 Å². The Labute approximate surface area is 113 Å². The molecule has 0 bridgehead atoms. The molecule has 1 aromatic heterocycles. The Morgan fingerprint density at radius 1 is 1.47 bits per heavy atom. The van der Waals surface area contributed by atoms with Crippen LogP contribution < -0.4 is 5.73 Å². The van der Waals surface area contributed by atoms with Crippen LogP contribution in [-0.2, 0) is 16.0 Å². The van der Waals surface area contributed by atoms with Gasteiger partial charge in [0.05, 0.1) is 24.4 Å². The number of anilines is 1. The summed E-state index contributed by atoms with van der Waals surface area (Å²) in [5.41, 5.74) is 9.22. The van der Waals surface area contributed by atoms with Crippen molar-refractivity contribution >= 4 is 17.2 Å². The summed E-state index contributed by atoms with van der Waals surface area (Å²) in [5, 5.41) is 0. The van der Waals surface area contributed by atoms with Crippen molar-refractivity contribution in [1.29, 1.82) is 0 Å². The summed E-state index contributed by atoms with van der Waals surface area (Å²) < 4.78 is 4.90. The first-order chi connectivity index (χ1) is 9.20. The molecule has 0 amide bonds. The Kier molecular flexibility index (Phi) is 4.34. The van der Waals surface area contributed by atoms with E-state index in [2.05, 4.69) is 17.1 Å². The molecule has 1 aromatic rings. The number of hydrogen-bond acceptors (Lipinski definition) is 4. The highest BCUT2D eigenvalue weighted by atomic mass is 16.5. The largest absolute Gasteiger partial charge is 0.466 e. The number of nitrogens with zero attached hydrogens (tertiary/aromatic N) is 1. The average molecular weight is 258 g/mol. The smallest absolute Gasteiger partial charge is 0.310 e. The first-order valence-corrected chi connectivity index (χ1v) is 6.47. The molecule has 2 rings (SSSR count). The zero-order valence-corrected chi connectivity index (χ0v) is 11.1. The standard InChI is InChI=1S/C15H18N2O2/c1-2-19-14(18)9-11-8-13(16)15(17-10-11)12-6-4-3-5-7-12/h4,6-8,10H,2-3,5,9,16H2,1H3. The Morgan fingerprint density at radius 2 is 2.32 bits per heavy atom. The number of esters is 1. The second kappa shape index (κ2) is 6.18. The fourth-order valence-corrected chi connectivity index (χ4v) is 2.03. The molecule has 0 aliphatic heterocycles. The van der Waals surface area contributed by atoms with Crippen molar-refractivity contribution in [3.05, 3.63) is 41.7 Å². The van der Waals surface area contributed by atoms with E-state index in [0.717, 1.165) is 29.7 Å². The van der Waals surface area contributed by atoms with Crippen molar-refractivity contribution in [2.24, 2.45) is 0 Å². The zero-order chi connectivity index (χ0) is 13.7. The molecular formula is C15H18N2O2. The lowest BCUT2D eigenvalue weighted by atomic mass is 10.0. The van der Waals surface area contributed by atoms with E-state index in [1.165, 1.54) is 0 Å². The minimum Gasteiger partial charge on any atom is -0.466 e. The van der Waals surface area contributed by atoms with Gasteiger partial charge in [0.2, 0.25) is 0 Å². The Morgan fingerprint density at radius 3 is 2.95 bits per heavy atom. The summed E-state index contributed by atoms with van der Waals surface area (Å²) in [7, 11) is 0. The van der Waals surface area contributed by atoms with Gasteiger partial charge in [0.15, 0.2) is 0 Å². The van der Waals surface area contributed by atoms with E-state index >= 15 is 0 Å². The maximum atomic E-state index is 11.4. The van der Waals surface area contributed by atoms with E-state index in [9.17, 15) is 4.79 Å². The maximum absolute atomic E-state index is 11.4. The molecule has 0 radical (unpaired) electrons. The fraction of sp³-hybridized carbons (Fsp3) is 0.333. The van der Waals surface area contributed by atoms with Gasteiger partial charge in [-0.25, -0.2) is 0 Å². The number of allylic oxidation sites excluding steroid dienone is 4. The third kappa shape index (κ3) is 3.44. The second-order valence-corrected chi connectivity index (χ2v) is 4.40. The molecule has 4 nitrogen and oxygen atoms in total. The molecule has 0 aromatic carbocycles. The van der Waals surface area contributed by atoms with E-state index in [4.69, 9.17) is 10.5 Å². The maximum Gasteiger partial charge on any atom is 0.310 e. The van der Waals surface area contributed by atoms with Crippen molar-refractivity contribution in [2.45, 2.75) is 26.2 Å². The van der Waals surface area contributed by atoms with Gasteiger partial charge in [0, 0.05) is 6.20 Å². The van der Waals surface area contributed by atoms with Gasteiger partial charge in [-0.2, -0.15) is 0 Å². The zero-order valence-electron chi connectivity index (χ0n) is 11.1. The minimum atomic E-state index is -0.256. The summed E-state index contributed by atoms with van der Waals surface area (Å²) in [6.07, 6.45) is 10.2. The second-order valence-electron chi connectivity index (χ2n) is 4.40. The van der Waals surface area contributed by atoms with Gasteiger partial charge in [0.25, 0.3) is 0 Å². The molecule has 0 fully saturated rings. The van der Waals surface area contributed by atoms with Crippen LogP contribution in [0.3, 0.4) is 0 Å². The van der Waals surface area contributed by atoms with Gasteiger partial charge >= 0.3 is 5.97 Å². The third-order valence-corrected chi connectivity index (χ3v) is 2.90.